The zero-order chi connectivity index (χ0) is 11.5. The summed E-state index contributed by atoms with van der Waals surface area (Å²) >= 11 is 0. The molecule has 16 heavy (non-hydrogen) atoms. The van der Waals surface area contributed by atoms with Gasteiger partial charge in [0, 0.05) is 19.6 Å². The third-order valence-corrected chi connectivity index (χ3v) is 3.08. The molecule has 0 spiro atoms. The number of para-hydroxylation sites is 1. The van der Waals surface area contributed by atoms with Crippen LogP contribution in [0.15, 0.2) is 18.2 Å². The molecule has 0 bridgehead atoms. The average molecular weight is 222 g/mol. The number of hydrogen-bond donors (Lipinski definition) is 1. The maximum atomic E-state index is 13.8. The van der Waals surface area contributed by atoms with E-state index < -0.39 is 0 Å². The summed E-state index contributed by atoms with van der Waals surface area (Å²) in [6, 6.07) is 5.87. The number of benzene rings is 1. The third-order valence-electron chi connectivity index (χ3n) is 3.08. The first kappa shape index (κ1) is 11.4. The van der Waals surface area contributed by atoms with Crippen molar-refractivity contribution in [1.82, 2.24) is 5.32 Å². The molecule has 1 aliphatic carbocycles. The second kappa shape index (κ2) is 4.83. The Morgan fingerprint density at radius 1 is 1.44 bits per heavy atom. The quantitative estimate of drug-likeness (QED) is 0.823. The van der Waals surface area contributed by atoms with Crippen LogP contribution in [0, 0.1) is 5.82 Å². The van der Waals surface area contributed by atoms with Gasteiger partial charge in [-0.05, 0) is 31.0 Å². The van der Waals surface area contributed by atoms with E-state index in [0.29, 0.717) is 6.04 Å². The molecule has 0 amide bonds. The summed E-state index contributed by atoms with van der Waals surface area (Å²) in [5.74, 6) is -0.107. The Morgan fingerprint density at radius 2 is 2.19 bits per heavy atom. The van der Waals surface area contributed by atoms with Gasteiger partial charge in [-0.3, -0.25) is 0 Å². The lowest BCUT2D eigenvalue weighted by molar-refractivity contribution is 0.615. The molecule has 0 aromatic heterocycles. The minimum atomic E-state index is -0.107. The Balaban J connectivity index is 2.24. The normalized spacial score (nSPS) is 15.2. The standard InChI is InChI=1S/C13H19FN2/c1-3-15-9-10-5-4-6-12(14)13(10)16(2)11-7-8-11/h4-6,11,15H,3,7-9H2,1-2H3. The van der Waals surface area contributed by atoms with Crippen molar-refractivity contribution < 1.29 is 4.39 Å². The lowest BCUT2D eigenvalue weighted by atomic mass is 10.1. The van der Waals surface area contributed by atoms with E-state index in [1.54, 1.807) is 12.1 Å². The highest BCUT2D eigenvalue weighted by atomic mass is 19.1. The number of halogens is 1. The smallest absolute Gasteiger partial charge is 0.146 e. The predicted octanol–water partition coefficient (Wildman–Crippen LogP) is 2.53. The monoisotopic (exact) mass is 222 g/mol. The summed E-state index contributed by atoms with van der Waals surface area (Å²) in [6.07, 6.45) is 2.37. The Hall–Kier alpha value is -1.09. The van der Waals surface area contributed by atoms with Gasteiger partial charge in [0.15, 0.2) is 0 Å². The predicted molar refractivity (Wildman–Crippen MR) is 65.2 cm³/mol. The fourth-order valence-corrected chi connectivity index (χ4v) is 2.00. The maximum absolute atomic E-state index is 13.8. The van der Waals surface area contributed by atoms with Crippen LogP contribution in [0.5, 0.6) is 0 Å². The molecule has 1 N–H and O–H groups in total. The summed E-state index contributed by atoms with van der Waals surface area (Å²) in [4.78, 5) is 2.09. The zero-order valence-corrected chi connectivity index (χ0v) is 9.96. The fraction of sp³-hybridized carbons (Fsp3) is 0.538. The van der Waals surface area contributed by atoms with Gasteiger partial charge in [0.2, 0.25) is 0 Å². The van der Waals surface area contributed by atoms with Crippen LogP contribution in [0.4, 0.5) is 10.1 Å². The minimum absolute atomic E-state index is 0.107. The van der Waals surface area contributed by atoms with Crippen molar-refractivity contribution >= 4 is 5.69 Å². The molecule has 0 aliphatic heterocycles. The van der Waals surface area contributed by atoms with Gasteiger partial charge in [0.25, 0.3) is 0 Å². The average Bonchev–Trinajstić information content (AvgIpc) is 3.09. The van der Waals surface area contributed by atoms with Crippen molar-refractivity contribution in [2.24, 2.45) is 0 Å². The third kappa shape index (κ3) is 2.35. The van der Waals surface area contributed by atoms with Crippen molar-refractivity contribution in [2.45, 2.75) is 32.4 Å². The van der Waals surface area contributed by atoms with Gasteiger partial charge in [-0.1, -0.05) is 19.1 Å². The van der Waals surface area contributed by atoms with Crippen molar-refractivity contribution in [3.05, 3.63) is 29.6 Å². The number of hydrogen-bond acceptors (Lipinski definition) is 2. The zero-order valence-electron chi connectivity index (χ0n) is 9.96. The Morgan fingerprint density at radius 3 is 2.81 bits per heavy atom. The van der Waals surface area contributed by atoms with Gasteiger partial charge >= 0.3 is 0 Å². The van der Waals surface area contributed by atoms with Gasteiger partial charge in [0.05, 0.1) is 5.69 Å². The van der Waals surface area contributed by atoms with Crippen LogP contribution in [0.3, 0.4) is 0 Å². The van der Waals surface area contributed by atoms with Gasteiger partial charge in [-0.25, -0.2) is 4.39 Å². The molecular weight excluding hydrogens is 203 g/mol. The van der Waals surface area contributed by atoms with Crippen LogP contribution in [-0.4, -0.2) is 19.6 Å². The maximum Gasteiger partial charge on any atom is 0.146 e. The highest BCUT2D eigenvalue weighted by molar-refractivity contribution is 5.55. The topological polar surface area (TPSA) is 15.3 Å². The first-order chi connectivity index (χ1) is 7.74. The van der Waals surface area contributed by atoms with Gasteiger partial charge < -0.3 is 10.2 Å². The number of anilines is 1. The molecule has 0 unspecified atom stereocenters. The number of nitrogens with zero attached hydrogens (tertiary/aromatic N) is 1. The lowest BCUT2D eigenvalue weighted by Crippen LogP contribution is -2.24. The molecule has 0 atom stereocenters. The molecule has 1 aromatic rings. The summed E-state index contributed by atoms with van der Waals surface area (Å²) in [5.41, 5.74) is 1.82. The first-order valence-electron chi connectivity index (χ1n) is 5.95. The molecule has 1 saturated carbocycles. The van der Waals surface area contributed by atoms with Crippen LogP contribution in [-0.2, 0) is 6.54 Å². The lowest BCUT2D eigenvalue weighted by Gasteiger charge is -2.23. The van der Waals surface area contributed by atoms with Crippen LogP contribution in [0.1, 0.15) is 25.3 Å². The minimum Gasteiger partial charge on any atom is -0.369 e. The van der Waals surface area contributed by atoms with E-state index in [1.807, 2.05) is 13.1 Å². The van der Waals surface area contributed by atoms with Crippen LogP contribution in [0.25, 0.3) is 0 Å². The summed E-state index contributed by atoms with van der Waals surface area (Å²) in [7, 11) is 1.99. The van der Waals surface area contributed by atoms with E-state index in [-0.39, 0.29) is 5.82 Å². The van der Waals surface area contributed by atoms with E-state index >= 15 is 0 Å². The van der Waals surface area contributed by atoms with Crippen molar-refractivity contribution in [2.75, 3.05) is 18.5 Å². The largest absolute Gasteiger partial charge is 0.369 e. The van der Waals surface area contributed by atoms with E-state index in [2.05, 4.69) is 17.1 Å². The highest BCUT2D eigenvalue weighted by Crippen LogP contribution is 2.33. The van der Waals surface area contributed by atoms with Gasteiger partial charge in [-0.2, -0.15) is 0 Å². The molecule has 0 radical (unpaired) electrons. The number of rotatable bonds is 5. The SMILES string of the molecule is CCNCc1cccc(F)c1N(C)C1CC1. The highest BCUT2D eigenvalue weighted by Gasteiger charge is 2.29. The molecule has 0 saturated heterocycles. The second-order valence-corrected chi connectivity index (χ2v) is 4.37. The molecule has 0 heterocycles. The molecule has 88 valence electrons. The van der Waals surface area contributed by atoms with Gasteiger partial charge in [0.1, 0.15) is 5.82 Å². The van der Waals surface area contributed by atoms with E-state index in [0.717, 1.165) is 24.3 Å². The summed E-state index contributed by atoms with van der Waals surface area (Å²) in [6.45, 7) is 3.70. The molecule has 2 nitrogen and oxygen atoms in total. The molecule has 1 fully saturated rings. The van der Waals surface area contributed by atoms with Crippen LogP contribution >= 0.6 is 0 Å². The molecular formula is C13H19FN2. The molecule has 1 aliphatic rings. The van der Waals surface area contributed by atoms with E-state index in [9.17, 15) is 4.39 Å². The molecule has 2 rings (SSSR count). The Kier molecular flexibility index (Phi) is 3.44. The van der Waals surface area contributed by atoms with E-state index in [4.69, 9.17) is 0 Å². The van der Waals surface area contributed by atoms with E-state index in [1.165, 1.54) is 12.8 Å². The number of nitrogens with one attached hydrogen (secondary N) is 1. The summed E-state index contributed by atoms with van der Waals surface area (Å²) in [5, 5.41) is 3.25. The van der Waals surface area contributed by atoms with Crippen LogP contribution in [0.2, 0.25) is 0 Å². The fourth-order valence-electron chi connectivity index (χ4n) is 2.00. The molecule has 3 heteroatoms. The Labute approximate surface area is 96.5 Å². The first-order valence-corrected chi connectivity index (χ1v) is 5.95. The van der Waals surface area contributed by atoms with Gasteiger partial charge in [-0.15, -0.1) is 0 Å². The second-order valence-electron chi connectivity index (χ2n) is 4.37. The van der Waals surface area contributed by atoms with Crippen molar-refractivity contribution in [3.8, 4) is 0 Å². The molecule has 1 aromatic carbocycles. The van der Waals surface area contributed by atoms with Crippen molar-refractivity contribution in [3.63, 3.8) is 0 Å². The Bertz CT molecular complexity index is 361. The van der Waals surface area contributed by atoms with Crippen LogP contribution < -0.4 is 10.2 Å². The van der Waals surface area contributed by atoms with Crippen molar-refractivity contribution in [1.29, 1.82) is 0 Å². The summed E-state index contributed by atoms with van der Waals surface area (Å²) < 4.78 is 13.8.